The minimum Gasteiger partial charge on any atom is -0.479 e. The molecule has 4 N–H and O–H groups in total. The van der Waals surface area contributed by atoms with Crippen LogP contribution in [0.1, 0.15) is 37.7 Å². The molecule has 0 aromatic heterocycles. The van der Waals surface area contributed by atoms with Crippen molar-refractivity contribution < 1.29 is 28.7 Å². The molecule has 30 heavy (non-hydrogen) atoms. The number of carboxylic acid groups (broad SMARTS) is 1. The van der Waals surface area contributed by atoms with Gasteiger partial charge in [0.1, 0.15) is 12.1 Å². The van der Waals surface area contributed by atoms with Crippen molar-refractivity contribution >= 4 is 19.5 Å². The third-order valence-electron chi connectivity index (χ3n) is 4.98. The number of carboxylic acids is 1. The minimum absolute atomic E-state index is 0.0545. The molecule has 0 saturated heterocycles. The summed E-state index contributed by atoms with van der Waals surface area (Å²) in [6, 6.07) is 8.76. The van der Waals surface area contributed by atoms with Gasteiger partial charge in [-0.15, -0.1) is 0 Å². The predicted molar refractivity (Wildman–Crippen MR) is 114 cm³/mol. The topological polar surface area (TPSA) is 130 Å². The zero-order valence-electron chi connectivity index (χ0n) is 17.1. The first-order valence-corrected chi connectivity index (χ1v) is 12.0. The Morgan fingerprint density at radius 3 is 2.60 bits per heavy atom. The number of hydrogen-bond donors (Lipinski definition) is 3. The molecule has 0 bridgehead atoms. The van der Waals surface area contributed by atoms with Gasteiger partial charge in [-0.3, -0.25) is 13.9 Å². The average molecular weight is 438 g/mol. The van der Waals surface area contributed by atoms with Crippen LogP contribution in [0.3, 0.4) is 0 Å². The number of benzene rings is 1. The molecule has 1 amide bonds. The normalized spacial score (nSPS) is 18.9. The smallest absolute Gasteiger partial charge is 0.330 e. The van der Waals surface area contributed by atoms with Crippen molar-refractivity contribution in [3.8, 4) is 0 Å². The molecular formula is C21H31N2O6P. The highest BCUT2D eigenvalue weighted by Crippen LogP contribution is 2.45. The van der Waals surface area contributed by atoms with Crippen LogP contribution in [0.15, 0.2) is 42.5 Å². The molecule has 2 rings (SSSR count). The van der Waals surface area contributed by atoms with Crippen LogP contribution in [0.5, 0.6) is 0 Å². The lowest BCUT2D eigenvalue weighted by Crippen LogP contribution is -2.46. The van der Waals surface area contributed by atoms with Gasteiger partial charge in [0.2, 0.25) is 0 Å². The third-order valence-corrected chi connectivity index (χ3v) is 6.44. The number of nitrogens with two attached hydrogens (primary N) is 1. The minimum atomic E-state index is -4.00. The van der Waals surface area contributed by atoms with Crippen LogP contribution in [-0.2, 0) is 25.1 Å². The van der Waals surface area contributed by atoms with E-state index in [1.807, 2.05) is 30.3 Å². The standard InChI is InChI=1S/C21H31N2O6P/c22-14-6-4-13-19(20(24)23-15-8-12-18(23)21(25)26)29-30(27,28)16-7-5-11-17-9-2-1-3-10-17/h1-3,8-10,12,18-19H,4-7,11,13-16,22H2,(H,25,26)(H,27,28)/t18-,19-/m0/s1. The van der Waals surface area contributed by atoms with E-state index in [9.17, 15) is 24.2 Å². The van der Waals surface area contributed by atoms with Crippen molar-refractivity contribution in [2.75, 3.05) is 19.3 Å². The number of rotatable bonds is 13. The molecule has 0 radical (unpaired) electrons. The summed E-state index contributed by atoms with van der Waals surface area (Å²) < 4.78 is 18.0. The number of aryl methyl sites for hydroxylation is 1. The van der Waals surface area contributed by atoms with Crippen molar-refractivity contribution in [1.29, 1.82) is 0 Å². The molecule has 1 heterocycles. The second-order valence-electron chi connectivity index (χ2n) is 7.38. The fraction of sp³-hybridized carbons (Fsp3) is 0.524. The summed E-state index contributed by atoms with van der Waals surface area (Å²) in [5.41, 5.74) is 6.66. The zero-order valence-corrected chi connectivity index (χ0v) is 18.0. The summed E-state index contributed by atoms with van der Waals surface area (Å²) in [4.78, 5) is 35.7. The first kappa shape index (κ1) is 24.3. The van der Waals surface area contributed by atoms with Gasteiger partial charge in [0, 0.05) is 6.54 Å². The van der Waals surface area contributed by atoms with Crippen LogP contribution in [0.2, 0.25) is 0 Å². The number of aliphatic carboxylic acids is 1. The first-order valence-electron chi connectivity index (χ1n) is 10.3. The highest BCUT2D eigenvalue weighted by molar-refractivity contribution is 7.52. The van der Waals surface area contributed by atoms with Gasteiger partial charge in [0.25, 0.3) is 5.91 Å². The van der Waals surface area contributed by atoms with Crippen molar-refractivity contribution in [2.24, 2.45) is 5.73 Å². The lowest BCUT2D eigenvalue weighted by atomic mass is 10.1. The fourth-order valence-electron chi connectivity index (χ4n) is 3.38. The van der Waals surface area contributed by atoms with E-state index in [-0.39, 0.29) is 19.1 Å². The number of unbranched alkanes of at least 4 members (excludes halogenated alkanes) is 2. The van der Waals surface area contributed by atoms with Gasteiger partial charge in [0.05, 0.1) is 6.16 Å². The van der Waals surface area contributed by atoms with Gasteiger partial charge < -0.3 is 20.6 Å². The quantitative estimate of drug-likeness (QED) is 0.245. The second-order valence-corrected chi connectivity index (χ2v) is 9.32. The van der Waals surface area contributed by atoms with E-state index in [2.05, 4.69) is 0 Å². The number of carbonyl (C=O) groups is 2. The molecule has 3 atom stereocenters. The SMILES string of the molecule is NCCCC[C@H](OP(=O)(O)CCCCc1ccccc1)C(=O)N1CC=C[C@H]1C(=O)O. The molecule has 0 fully saturated rings. The maximum absolute atomic E-state index is 12.9. The van der Waals surface area contributed by atoms with E-state index in [0.717, 1.165) is 23.3 Å². The summed E-state index contributed by atoms with van der Waals surface area (Å²) in [6.45, 7) is 0.569. The molecule has 0 spiro atoms. The summed E-state index contributed by atoms with van der Waals surface area (Å²) in [5.74, 6) is -1.73. The Balaban J connectivity index is 1.93. The van der Waals surface area contributed by atoms with Crippen LogP contribution >= 0.6 is 7.60 Å². The molecule has 0 saturated carbocycles. The third kappa shape index (κ3) is 7.69. The van der Waals surface area contributed by atoms with Crippen molar-refractivity contribution in [3.63, 3.8) is 0 Å². The average Bonchev–Trinajstić information content (AvgIpc) is 3.21. The predicted octanol–water partition coefficient (Wildman–Crippen LogP) is 2.56. The number of carbonyl (C=O) groups excluding carboxylic acids is 1. The van der Waals surface area contributed by atoms with Crippen molar-refractivity contribution in [3.05, 3.63) is 48.0 Å². The summed E-state index contributed by atoms with van der Waals surface area (Å²) in [6.07, 6.45) is 5.20. The van der Waals surface area contributed by atoms with Gasteiger partial charge in [-0.05, 0) is 50.6 Å². The molecule has 8 nitrogen and oxygen atoms in total. The number of nitrogens with zero attached hydrogens (tertiary/aromatic N) is 1. The van der Waals surface area contributed by atoms with Crippen molar-refractivity contribution in [2.45, 2.75) is 50.7 Å². The lowest BCUT2D eigenvalue weighted by molar-refractivity contribution is -0.150. The monoisotopic (exact) mass is 438 g/mol. The second kappa shape index (κ2) is 12.0. The Morgan fingerprint density at radius 2 is 1.93 bits per heavy atom. The maximum atomic E-state index is 12.9. The largest absolute Gasteiger partial charge is 0.479 e. The molecule has 1 aliphatic rings. The summed E-state index contributed by atoms with van der Waals surface area (Å²) in [7, 11) is -4.00. The fourth-order valence-corrected chi connectivity index (χ4v) is 4.70. The Hall–Kier alpha value is -1.99. The summed E-state index contributed by atoms with van der Waals surface area (Å²) in [5, 5.41) is 9.29. The van der Waals surface area contributed by atoms with Crippen molar-refractivity contribution in [1.82, 2.24) is 4.90 Å². The molecule has 0 aliphatic carbocycles. The zero-order chi connectivity index (χ0) is 22.0. The molecule has 9 heteroatoms. The van der Waals surface area contributed by atoms with E-state index in [1.165, 1.54) is 6.08 Å². The van der Waals surface area contributed by atoms with Crippen LogP contribution in [0.25, 0.3) is 0 Å². The van der Waals surface area contributed by atoms with E-state index in [1.54, 1.807) is 6.08 Å². The Kier molecular flexibility index (Phi) is 9.72. The van der Waals surface area contributed by atoms with Gasteiger partial charge >= 0.3 is 13.6 Å². The number of hydrogen-bond acceptors (Lipinski definition) is 5. The first-order chi connectivity index (χ1) is 14.3. The Morgan fingerprint density at radius 1 is 1.20 bits per heavy atom. The van der Waals surface area contributed by atoms with E-state index >= 15 is 0 Å². The van der Waals surface area contributed by atoms with E-state index in [4.69, 9.17) is 10.3 Å². The Labute approximate surface area is 177 Å². The van der Waals surface area contributed by atoms with Gasteiger partial charge in [0.15, 0.2) is 0 Å². The molecule has 166 valence electrons. The van der Waals surface area contributed by atoms with Crippen LogP contribution in [-0.4, -0.2) is 58.2 Å². The highest BCUT2D eigenvalue weighted by Gasteiger charge is 2.37. The van der Waals surface area contributed by atoms with Crippen LogP contribution in [0.4, 0.5) is 0 Å². The molecule has 1 aromatic rings. The van der Waals surface area contributed by atoms with Gasteiger partial charge in [-0.1, -0.05) is 42.5 Å². The van der Waals surface area contributed by atoms with Crippen LogP contribution in [0, 0.1) is 0 Å². The van der Waals surface area contributed by atoms with Gasteiger partial charge in [-0.2, -0.15) is 0 Å². The highest BCUT2D eigenvalue weighted by atomic mass is 31.2. The van der Waals surface area contributed by atoms with Crippen LogP contribution < -0.4 is 5.73 Å². The lowest BCUT2D eigenvalue weighted by Gasteiger charge is -2.28. The van der Waals surface area contributed by atoms with E-state index < -0.39 is 31.6 Å². The van der Waals surface area contributed by atoms with E-state index in [0.29, 0.717) is 25.8 Å². The maximum Gasteiger partial charge on any atom is 0.330 e. The molecule has 1 aliphatic heterocycles. The molecule has 1 unspecified atom stereocenters. The summed E-state index contributed by atoms with van der Waals surface area (Å²) >= 11 is 0. The Bertz CT molecular complexity index is 770. The molecule has 1 aromatic carbocycles. The molecular weight excluding hydrogens is 407 g/mol. The van der Waals surface area contributed by atoms with Gasteiger partial charge in [-0.25, -0.2) is 4.79 Å². The number of amides is 1.